The number of halogens is 1. The van der Waals surface area contributed by atoms with Crippen molar-refractivity contribution in [1.82, 2.24) is 21.1 Å². The van der Waals surface area contributed by atoms with Gasteiger partial charge >= 0.3 is 0 Å². The molecule has 1 aliphatic heterocycles. The van der Waals surface area contributed by atoms with E-state index >= 15 is 0 Å². The molecule has 0 amide bonds. The van der Waals surface area contributed by atoms with E-state index in [2.05, 4.69) is 35.1 Å². The molecular formula is C9H20ClN5. The molecule has 1 rings (SSSR count). The number of hydrazine groups is 1. The van der Waals surface area contributed by atoms with Gasteiger partial charge in [0, 0.05) is 26.2 Å². The van der Waals surface area contributed by atoms with Crippen LogP contribution in [0, 0.1) is 0 Å². The Balaban J connectivity index is 2.53. The number of nitrogens with two attached hydrogens (primary N) is 1. The lowest BCUT2D eigenvalue weighted by molar-refractivity contribution is 0.143. The summed E-state index contributed by atoms with van der Waals surface area (Å²) in [5.74, 6) is 0. The Hall–Kier alpha value is -0.170. The van der Waals surface area contributed by atoms with Gasteiger partial charge in [-0.1, -0.05) is 12.2 Å². The number of hydrogen-bond acceptors (Lipinski definition) is 5. The summed E-state index contributed by atoms with van der Waals surface area (Å²) in [6.07, 6.45) is 3.87. The zero-order valence-corrected chi connectivity index (χ0v) is 9.96. The lowest BCUT2D eigenvalue weighted by Gasteiger charge is -2.27. The quantitative estimate of drug-likeness (QED) is 0.255. The van der Waals surface area contributed by atoms with E-state index in [1.54, 1.807) is 5.01 Å². The van der Waals surface area contributed by atoms with Crippen LogP contribution in [-0.2, 0) is 0 Å². The van der Waals surface area contributed by atoms with Crippen molar-refractivity contribution in [3.05, 3.63) is 12.2 Å². The Bertz CT molecular complexity index is 211. The number of nitrogens with zero attached hydrogens (tertiary/aromatic N) is 1. The number of nitrogens with one attached hydrogen (secondary N) is 3. The van der Waals surface area contributed by atoms with Crippen molar-refractivity contribution in [1.29, 1.82) is 0 Å². The minimum atomic E-state index is -0.295. The number of rotatable bonds is 0. The highest BCUT2D eigenvalue weighted by atomic mass is 35.5. The summed E-state index contributed by atoms with van der Waals surface area (Å²) in [5, 5.41) is 8.15. The minimum Gasteiger partial charge on any atom is -0.308 e. The van der Waals surface area contributed by atoms with E-state index in [4.69, 9.17) is 17.3 Å². The van der Waals surface area contributed by atoms with Gasteiger partial charge in [-0.2, -0.15) is 0 Å². The van der Waals surface area contributed by atoms with Crippen LogP contribution in [0.15, 0.2) is 12.2 Å². The lowest BCUT2D eigenvalue weighted by Crippen LogP contribution is -2.58. The fraction of sp³-hybridized carbons (Fsp3) is 0.778. The van der Waals surface area contributed by atoms with Gasteiger partial charge in [-0.15, -0.1) is 11.6 Å². The van der Waals surface area contributed by atoms with Crippen molar-refractivity contribution in [3.8, 4) is 0 Å². The molecule has 3 atom stereocenters. The minimum absolute atomic E-state index is 0.182. The number of hydrogen-bond donors (Lipinski definition) is 4. The molecule has 0 saturated heterocycles. The van der Waals surface area contributed by atoms with Gasteiger partial charge in [0.15, 0.2) is 0 Å². The van der Waals surface area contributed by atoms with E-state index in [1.165, 1.54) is 0 Å². The second kappa shape index (κ2) is 6.42. The zero-order valence-electron chi connectivity index (χ0n) is 9.20. The average Bonchev–Trinajstić information content (AvgIpc) is 2.21. The van der Waals surface area contributed by atoms with Crippen LogP contribution in [0.3, 0.4) is 0 Å². The summed E-state index contributed by atoms with van der Waals surface area (Å²) in [5.41, 5.74) is 8.82. The molecule has 0 fully saturated rings. The molecule has 1 aliphatic rings. The van der Waals surface area contributed by atoms with Gasteiger partial charge in [-0.25, -0.2) is 10.4 Å². The maximum atomic E-state index is 6.07. The topological polar surface area (TPSA) is 65.3 Å². The molecule has 0 spiro atoms. The summed E-state index contributed by atoms with van der Waals surface area (Å²) < 4.78 is 0. The predicted octanol–water partition coefficient (Wildman–Crippen LogP) is -0.632. The molecule has 0 saturated carbocycles. The lowest BCUT2D eigenvalue weighted by atomic mass is 10.3. The molecule has 15 heavy (non-hydrogen) atoms. The van der Waals surface area contributed by atoms with E-state index in [-0.39, 0.29) is 11.8 Å². The van der Waals surface area contributed by atoms with Crippen LogP contribution in [0.4, 0.5) is 0 Å². The Morgan fingerprint density at radius 1 is 1.53 bits per heavy atom. The molecule has 0 bridgehead atoms. The molecule has 0 aromatic carbocycles. The van der Waals surface area contributed by atoms with Gasteiger partial charge in [0.05, 0.1) is 5.50 Å². The Morgan fingerprint density at radius 2 is 2.27 bits per heavy atom. The molecule has 3 unspecified atom stereocenters. The highest BCUT2D eigenvalue weighted by Gasteiger charge is 2.14. The van der Waals surface area contributed by atoms with Gasteiger partial charge in [0.25, 0.3) is 0 Å². The van der Waals surface area contributed by atoms with Crippen molar-refractivity contribution < 1.29 is 0 Å². The number of alkyl halides is 1. The van der Waals surface area contributed by atoms with Crippen molar-refractivity contribution >= 4 is 11.6 Å². The normalized spacial score (nSPS) is 38.3. The summed E-state index contributed by atoms with van der Waals surface area (Å²) >= 11 is 6.07. The van der Waals surface area contributed by atoms with Crippen molar-refractivity contribution in [2.45, 2.75) is 24.8 Å². The molecule has 0 radical (unpaired) electrons. The SMILES string of the molecule is CC1/C=C\CNN(C)C(N)NC(Cl)CN1. The molecule has 0 aliphatic carbocycles. The molecule has 0 aromatic rings. The molecule has 1 heterocycles. The van der Waals surface area contributed by atoms with E-state index in [0.717, 1.165) is 6.54 Å². The maximum absolute atomic E-state index is 6.07. The molecule has 5 nitrogen and oxygen atoms in total. The van der Waals surface area contributed by atoms with Crippen LogP contribution in [-0.4, -0.2) is 43.0 Å². The predicted molar refractivity (Wildman–Crippen MR) is 63.1 cm³/mol. The van der Waals surface area contributed by atoms with Gasteiger partial charge in [0.2, 0.25) is 0 Å². The summed E-state index contributed by atoms with van der Waals surface area (Å²) in [6.45, 7) is 3.51. The van der Waals surface area contributed by atoms with Gasteiger partial charge in [-0.05, 0) is 6.92 Å². The van der Waals surface area contributed by atoms with Crippen LogP contribution >= 0.6 is 11.6 Å². The molecule has 5 N–H and O–H groups in total. The first-order valence-corrected chi connectivity index (χ1v) is 5.55. The standard InChI is InChI=1S/C9H20ClN5/c1-7-4-3-5-13-15(2)9(11)14-8(10)6-12-7/h3-4,7-9,12-14H,5-6,11H2,1-2H3/b4-3-. The first-order chi connectivity index (χ1) is 7.09. The molecule has 6 heteroatoms. The summed E-state index contributed by atoms with van der Waals surface area (Å²) in [7, 11) is 1.88. The van der Waals surface area contributed by atoms with Crippen molar-refractivity contribution in [2.24, 2.45) is 5.73 Å². The first-order valence-electron chi connectivity index (χ1n) is 5.11. The zero-order chi connectivity index (χ0) is 11.3. The van der Waals surface area contributed by atoms with Gasteiger partial charge < -0.3 is 11.1 Å². The molecule has 0 aromatic heterocycles. The van der Waals surface area contributed by atoms with E-state index in [1.807, 2.05) is 7.05 Å². The Kier molecular flexibility index (Phi) is 5.52. The highest BCUT2D eigenvalue weighted by molar-refractivity contribution is 6.20. The third-order valence-electron chi connectivity index (χ3n) is 2.27. The second-order valence-corrected chi connectivity index (χ2v) is 4.20. The monoisotopic (exact) mass is 233 g/mol. The fourth-order valence-corrected chi connectivity index (χ4v) is 1.50. The van der Waals surface area contributed by atoms with Gasteiger partial charge in [0.1, 0.15) is 6.29 Å². The fourth-order valence-electron chi connectivity index (χ4n) is 1.28. The average molecular weight is 234 g/mol. The largest absolute Gasteiger partial charge is 0.308 e. The summed E-state index contributed by atoms with van der Waals surface area (Å²) in [6, 6.07) is 0.314. The molecule has 88 valence electrons. The summed E-state index contributed by atoms with van der Waals surface area (Å²) in [4.78, 5) is 0. The van der Waals surface area contributed by atoms with Crippen LogP contribution in [0.25, 0.3) is 0 Å². The Labute approximate surface area is 96.0 Å². The maximum Gasteiger partial charge on any atom is 0.125 e. The third kappa shape index (κ3) is 4.92. The van der Waals surface area contributed by atoms with Crippen molar-refractivity contribution in [3.63, 3.8) is 0 Å². The Morgan fingerprint density at radius 3 is 3.00 bits per heavy atom. The van der Waals surface area contributed by atoms with Crippen molar-refractivity contribution in [2.75, 3.05) is 20.1 Å². The van der Waals surface area contributed by atoms with Crippen LogP contribution < -0.4 is 21.8 Å². The first kappa shape index (κ1) is 12.9. The smallest absolute Gasteiger partial charge is 0.125 e. The van der Waals surface area contributed by atoms with E-state index < -0.39 is 0 Å². The van der Waals surface area contributed by atoms with Crippen LogP contribution in [0.5, 0.6) is 0 Å². The second-order valence-electron chi connectivity index (χ2n) is 3.68. The molecular weight excluding hydrogens is 214 g/mol. The third-order valence-corrected chi connectivity index (χ3v) is 2.55. The van der Waals surface area contributed by atoms with E-state index in [9.17, 15) is 0 Å². The van der Waals surface area contributed by atoms with E-state index in [0.29, 0.717) is 12.6 Å². The highest BCUT2D eigenvalue weighted by Crippen LogP contribution is 1.95. The van der Waals surface area contributed by atoms with Crippen LogP contribution in [0.2, 0.25) is 0 Å². The van der Waals surface area contributed by atoms with Crippen LogP contribution in [0.1, 0.15) is 6.92 Å². The van der Waals surface area contributed by atoms with Gasteiger partial charge in [-0.3, -0.25) is 5.32 Å².